The Bertz CT molecular complexity index is 6300. The van der Waals surface area contributed by atoms with Gasteiger partial charge in [0.15, 0.2) is 0 Å². The van der Waals surface area contributed by atoms with Crippen molar-refractivity contribution in [2.24, 2.45) is 0 Å². The quantitative estimate of drug-likeness (QED) is 0.159. The van der Waals surface area contributed by atoms with Gasteiger partial charge in [-0.2, -0.15) is 8.75 Å². The van der Waals surface area contributed by atoms with Gasteiger partial charge in [-0.05, 0) is 205 Å². The predicted molar refractivity (Wildman–Crippen MR) is 410 cm³/mol. The van der Waals surface area contributed by atoms with Crippen LogP contribution < -0.4 is 4.90 Å². The summed E-state index contributed by atoms with van der Waals surface area (Å²) in [4.78, 5) is 2.40. The zero-order valence-electron chi connectivity index (χ0n) is 53.5. The SMILES string of the molecule is c1cc(-c2ccc3c(c2)C2(c4ccccc4-c4ccccc42)c2ccccc2-3)cc(N(c2ccc(-c3cccc4c3-c3ccccc3C43c4ccccc4-c4ccccc43)cc2)c2ccc(-c3ccc(-n4c5ccc6ccccc6c5c5c6ccccc6ccc54)cc3)c3nsnc23)c1. The van der Waals surface area contributed by atoms with Crippen molar-refractivity contribution in [2.75, 3.05) is 4.90 Å². The maximum absolute atomic E-state index is 5.25. The van der Waals surface area contributed by atoms with Crippen LogP contribution in [-0.2, 0) is 10.8 Å². The molecule has 458 valence electrons. The largest absolute Gasteiger partial charge is 0.309 e. The first kappa shape index (κ1) is 54.7. The van der Waals surface area contributed by atoms with E-state index in [1.54, 1.807) is 0 Å². The standard InChI is InChI=1S/C94H56N4S/c1-3-23-67-57(19-1)44-52-85-89(67)90-68-24-4-2-20-58(68)45-53-86(90)98(85)64-48-41-60(42-49-64)69-51-54-87(92-91(69)95-99-96-92)97(63-46-39-59(40-47-63)66-31-18-38-83-88(66)76-30-10-16-37-82(76)93(83)77-32-11-5-25-70(77)71-26-6-12-33-78(71)93)65-22-17-21-61(55-65)62-43-50-75-74-29-9-15-36-81(74)94(84(75)56-62)79-34-13-7-27-72(79)73-28-8-14-35-80(73)94/h1-56H. The molecule has 4 aliphatic carbocycles. The van der Waals surface area contributed by atoms with E-state index in [0.29, 0.717) is 0 Å². The van der Waals surface area contributed by atoms with Crippen LogP contribution in [-0.4, -0.2) is 13.3 Å². The van der Waals surface area contributed by atoms with Gasteiger partial charge in [0.05, 0.1) is 39.3 Å². The summed E-state index contributed by atoms with van der Waals surface area (Å²) in [5.41, 5.74) is 35.0. The molecule has 0 radical (unpaired) electrons. The lowest BCUT2D eigenvalue weighted by Crippen LogP contribution is -2.25. The molecular weight excluding hydrogens is 1220 g/mol. The highest BCUT2D eigenvalue weighted by Crippen LogP contribution is 2.66. The molecule has 0 aliphatic heterocycles. The number of aromatic nitrogens is 3. The summed E-state index contributed by atoms with van der Waals surface area (Å²) in [5, 5.41) is 7.53. The highest BCUT2D eigenvalue weighted by molar-refractivity contribution is 7.00. The molecule has 4 nitrogen and oxygen atoms in total. The van der Waals surface area contributed by atoms with Crippen LogP contribution in [0.3, 0.4) is 0 Å². The molecule has 0 atom stereocenters. The zero-order chi connectivity index (χ0) is 64.7. The summed E-state index contributed by atoms with van der Waals surface area (Å²) in [6.45, 7) is 0. The molecule has 18 aromatic rings. The molecule has 0 fully saturated rings. The van der Waals surface area contributed by atoms with Gasteiger partial charge in [0.1, 0.15) is 11.0 Å². The highest BCUT2D eigenvalue weighted by atomic mass is 32.1. The van der Waals surface area contributed by atoms with E-state index in [2.05, 4.69) is 349 Å². The number of nitrogens with zero attached hydrogens (tertiary/aromatic N) is 4. The summed E-state index contributed by atoms with van der Waals surface area (Å²) in [6, 6.07) is 127. The van der Waals surface area contributed by atoms with Crippen molar-refractivity contribution < 1.29 is 0 Å². The smallest absolute Gasteiger partial charge is 0.129 e. The van der Waals surface area contributed by atoms with Crippen LogP contribution >= 0.6 is 11.7 Å². The Morgan fingerprint density at radius 3 is 1.28 bits per heavy atom. The van der Waals surface area contributed by atoms with Crippen LogP contribution in [0.1, 0.15) is 44.5 Å². The maximum atomic E-state index is 5.25. The highest BCUT2D eigenvalue weighted by Gasteiger charge is 2.53. The fraction of sp³-hybridized carbons (Fsp3) is 0.0213. The number of benzene rings is 16. The zero-order valence-corrected chi connectivity index (χ0v) is 54.3. The van der Waals surface area contributed by atoms with Gasteiger partial charge in [-0.3, -0.25) is 0 Å². The third-order valence-electron chi connectivity index (χ3n) is 22.5. The average Bonchev–Trinajstić information content (AvgIpc) is 1.52. The molecule has 0 unspecified atom stereocenters. The van der Waals surface area contributed by atoms with E-state index < -0.39 is 10.8 Å². The number of fused-ring (bicyclic) bond motifs is 28. The van der Waals surface area contributed by atoms with E-state index in [1.807, 2.05) is 0 Å². The Morgan fingerprint density at radius 1 is 0.273 bits per heavy atom. The van der Waals surface area contributed by atoms with E-state index in [4.69, 9.17) is 8.75 Å². The van der Waals surface area contributed by atoms with Crippen molar-refractivity contribution in [1.82, 2.24) is 13.3 Å². The topological polar surface area (TPSA) is 34.0 Å². The predicted octanol–water partition coefficient (Wildman–Crippen LogP) is 24.3. The molecule has 2 spiro atoms. The third-order valence-corrected chi connectivity index (χ3v) is 23.0. The van der Waals surface area contributed by atoms with Crippen LogP contribution in [0.2, 0.25) is 0 Å². The van der Waals surface area contributed by atoms with Gasteiger partial charge in [-0.1, -0.05) is 273 Å². The molecule has 0 saturated carbocycles. The fourth-order valence-electron chi connectivity index (χ4n) is 18.6. The second-order valence-electron chi connectivity index (χ2n) is 27.0. The summed E-state index contributed by atoms with van der Waals surface area (Å²) >= 11 is 1.27. The monoisotopic (exact) mass is 1270 g/mol. The average molecular weight is 1270 g/mol. The van der Waals surface area contributed by atoms with E-state index in [-0.39, 0.29) is 0 Å². The summed E-state index contributed by atoms with van der Waals surface area (Å²) < 4.78 is 12.9. The van der Waals surface area contributed by atoms with E-state index in [0.717, 1.165) is 61.6 Å². The molecular formula is C94H56N4S. The van der Waals surface area contributed by atoms with Gasteiger partial charge in [-0.15, -0.1) is 0 Å². The first-order valence-corrected chi connectivity index (χ1v) is 34.9. The molecule has 0 bridgehead atoms. The van der Waals surface area contributed by atoms with Crippen LogP contribution in [0.25, 0.3) is 138 Å². The fourth-order valence-corrected chi connectivity index (χ4v) is 19.2. The van der Waals surface area contributed by atoms with E-state index in [1.165, 1.54) is 150 Å². The molecule has 0 N–H and O–H groups in total. The minimum absolute atomic E-state index is 0.439. The molecule has 99 heavy (non-hydrogen) atoms. The van der Waals surface area contributed by atoms with Crippen LogP contribution in [0.4, 0.5) is 17.1 Å². The molecule has 16 aromatic carbocycles. The Kier molecular flexibility index (Phi) is 11.3. The molecule has 2 heterocycles. The van der Waals surface area contributed by atoms with E-state index >= 15 is 0 Å². The molecule has 4 aliphatic rings. The van der Waals surface area contributed by atoms with Gasteiger partial charge in [0.25, 0.3) is 0 Å². The van der Waals surface area contributed by atoms with Gasteiger partial charge in [-0.25, -0.2) is 0 Å². The van der Waals surface area contributed by atoms with Crippen LogP contribution in [0.15, 0.2) is 340 Å². The molecule has 0 saturated heterocycles. The normalized spacial score (nSPS) is 13.6. The minimum atomic E-state index is -0.463. The van der Waals surface area contributed by atoms with E-state index in [9.17, 15) is 0 Å². The van der Waals surface area contributed by atoms with Crippen molar-refractivity contribution in [1.29, 1.82) is 0 Å². The van der Waals surface area contributed by atoms with Gasteiger partial charge >= 0.3 is 0 Å². The number of hydrogen-bond donors (Lipinski definition) is 0. The molecule has 5 heteroatoms. The minimum Gasteiger partial charge on any atom is -0.309 e. The first-order valence-electron chi connectivity index (χ1n) is 34.2. The summed E-state index contributed by atoms with van der Waals surface area (Å²) in [7, 11) is 0. The molecule has 2 aromatic heterocycles. The number of rotatable bonds is 7. The third kappa shape index (κ3) is 7.31. The lowest BCUT2D eigenvalue weighted by molar-refractivity contribution is 0.794. The molecule has 22 rings (SSSR count). The van der Waals surface area contributed by atoms with Crippen molar-refractivity contribution in [3.05, 3.63) is 384 Å². The first-order chi connectivity index (χ1) is 49.1. The lowest BCUT2D eigenvalue weighted by atomic mass is 9.70. The number of anilines is 3. The second-order valence-corrected chi connectivity index (χ2v) is 27.6. The maximum Gasteiger partial charge on any atom is 0.129 e. The van der Waals surface area contributed by atoms with Gasteiger partial charge in [0.2, 0.25) is 0 Å². The number of hydrogen-bond acceptors (Lipinski definition) is 4. The summed E-state index contributed by atoms with van der Waals surface area (Å²) in [5.74, 6) is 0. The Hall–Kier alpha value is -12.5. The summed E-state index contributed by atoms with van der Waals surface area (Å²) in [6.07, 6.45) is 0. The van der Waals surface area contributed by atoms with Crippen molar-refractivity contribution in [3.63, 3.8) is 0 Å². The Morgan fingerprint density at radius 2 is 0.697 bits per heavy atom. The van der Waals surface area contributed by atoms with Gasteiger partial charge < -0.3 is 9.47 Å². The van der Waals surface area contributed by atoms with Crippen LogP contribution in [0, 0.1) is 0 Å². The van der Waals surface area contributed by atoms with Crippen molar-refractivity contribution >= 4 is 83.2 Å². The van der Waals surface area contributed by atoms with Crippen molar-refractivity contribution in [3.8, 4) is 83.6 Å². The van der Waals surface area contributed by atoms with Crippen molar-refractivity contribution in [2.45, 2.75) is 10.8 Å². The second kappa shape index (κ2) is 20.5. The molecule has 0 amide bonds. The Labute approximate surface area is 576 Å². The van der Waals surface area contributed by atoms with Crippen LogP contribution in [0.5, 0.6) is 0 Å². The Balaban J connectivity index is 0.698. The lowest BCUT2D eigenvalue weighted by Gasteiger charge is -2.30. The van der Waals surface area contributed by atoms with Gasteiger partial charge in [0, 0.05) is 33.4 Å².